The molecule has 0 atom stereocenters. The Kier molecular flexibility index (Phi) is 3.32. The van der Waals surface area contributed by atoms with Crippen molar-refractivity contribution < 1.29 is 4.79 Å². The molecule has 2 nitrogen and oxygen atoms in total. The van der Waals surface area contributed by atoms with Crippen LogP contribution in [0, 0.1) is 5.92 Å². The molecule has 2 aromatic carbocycles. The molecule has 2 heteroatoms. The van der Waals surface area contributed by atoms with Crippen molar-refractivity contribution in [1.82, 2.24) is 0 Å². The van der Waals surface area contributed by atoms with Crippen LogP contribution in [0.4, 0.5) is 5.69 Å². The van der Waals surface area contributed by atoms with Gasteiger partial charge in [-0.2, -0.15) is 0 Å². The smallest absolute Gasteiger partial charge is 0.195 e. The van der Waals surface area contributed by atoms with Crippen LogP contribution in [0.2, 0.25) is 0 Å². The van der Waals surface area contributed by atoms with Crippen LogP contribution in [0.1, 0.15) is 28.8 Å². The van der Waals surface area contributed by atoms with Gasteiger partial charge in [0.1, 0.15) is 0 Å². The van der Waals surface area contributed by atoms with Crippen LogP contribution < -0.4 is 5.32 Å². The number of benzene rings is 2. The van der Waals surface area contributed by atoms with Crippen LogP contribution >= 0.6 is 0 Å². The summed E-state index contributed by atoms with van der Waals surface area (Å²) in [6.45, 7) is 0.971. The van der Waals surface area contributed by atoms with Crippen LogP contribution in [0.15, 0.2) is 54.6 Å². The lowest BCUT2D eigenvalue weighted by Crippen LogP contribution is -2.09. The van der Waals surface area contributed by atoms with Gasteiger partial charge in [0.2, 0.25) is 0 Å². The van der Waals surface area contributed by atoms with Gasteiger partial charge in [0.05, 0.1) is 0 Å². The van der Waals surface area contributed by atoms with Gasteiger partial charge in [-0.25, -0.2) is 0 Å². The molecule has 1 fully saturated rings. The van der Waals surface area contributed by atoms with E-state index in [2.05, 4.69) is 5.32 Å². The molecule has 1 saturated carbocycles. The van der Waals surface area contributed by atoms with E-state index in [0.29, 0.717) is 0 Å². The number of hydrogen-bond acceptors (Lipinski definition) is 2. The molecule has 0 radical (unpaired) electrons. The van der Waals surface area contributed by atoms with Crippen LogP contribution in [0.5, 0.6) is 0 Å². The van der Waals surface area contributed by atoms with E-state index in [9.17, 15) is 4.79 Å². The van der Waals surface area contributed by atoms with Crippen molar-refractivity contribution in [3.05, 3.63) is 65.7 Å². The Hall–Kier alpha value is -2.09. The Balaban J connectivity index is 1.84. The monoisotopic (exact) mass is 251 g/mol. The molecule has 0 saturated heterocycles. The van der Waals surface area contributed by atoms with Crippen LogP contribution in [-0.2, 0) is 0 Å². The van der Waals surface area contributed by atoms with Crippen molar-refractivity contribution in [3.63, 3.8) is 0 Å². The third kappa shape index (κ3) is 2.84. The van der Waals surface area contributed by atoms with Crippen molar-refractivity contribution in [1.29, 1.82) is 0 Å². The summed E-state index contributed by atoms with van der Waals surface area (Å²) >= 11 is 0. The minimum atomic E-state index is 0.0829. The molecule has 0 aromatic heterocycles. The summed E-state index contributed by atoms with van der Waals surface area (Å²) in [5.41, 5.74) is 2.45. The second kappa shape index (κ2) is 5.27. The van der Waals surface area contributed by atoms with Gasteiger partial charge >= 0.3 is 0 Å². The second-order valence-corrected chi connectivity index (χ2v) is 5.07. The van der Waals surface area contributed by atoms with Crippen LogP contribution in [0.25, 0.3) is 0 Å². The summed E-state index contributed by atoms with van der Waals surface area (Å²) in [6.07, 6.45) is 2.61. The fourth-order valence-corrected chi connectivity index (χ4v) is 2.16. The number of rotatable bonds is 5. The first kappa shape index (κ1) is 12.0. The van der Waals surface area contributed by atoms with Gasteiger partial charge in [0, 0.05) is 23.4 Å². The third-order valence-electron chi connectivity index (χ3n) is 3.49. The van der Waals surface area contributed by atoms with Gasteiger partial charge in [-0.1, -0.05) is 42.5 Å². The number of para-hydroxylation sites is 1. The molecule has 0 bridgehead atoms. The normalized spacial score (nSPS) is 14.1. The zero-order valence-electron chi connectivity index (χ0n) is 10.8. The molecular weight excluding hydrogens is 234 g/mol. The van der Waals surface area contributed by atoms with Gasteiger partial charge in [-0.3, -0.25) is 4.79 Å². The number of ketones is 1. The predicted molar refractivity (Wildman–Crippen MR) is 77.5 cm³/mol. The van der Waals surface area contributed by atoms with Gasteiger partial charge in [0.25, 0.3) is 0 Å². The lowest BCUT2D eigenvalue weighted by atomic mass is 10.0. The Morgan fingerprint density at radius 2 is 1.68 bits per heavy atom. The summed E-state index contributed by atoms with van der Waals surface area (Å²) in [7, 11) is 0. The first-order valence-corrected chi connectivity index (χ1v) is 6.77. The van der Waals surface area contributed by atoms with Crippen molar-refractivity contribution in [3.8, 4) is 0 Å². The van der Waals surface area contributed by atoms with Gasteiger partial charge in [0.15, 0.2) is 5.78 Å². The van der Waals surface area contributed by atoms with E-state index < -0.39 is 0 Å². The maximum absolute atomic E-state index is 12.5. The van der Waals surface area contributed by atoms with E-state index in [1.54, 1.807) is 0 Å². The average molecular weight is 251 g/mol. The molecule has 96 valence electrons. The van der Waals surface area contributed by atoms with E-state index >= 15 is 0 Å². The zero-order chi connectivity index (χ0) is 13.1. The number of anilines is 1. The Bertz CT molecular complexity index is 573. The van der Waals surface area contributed by atoms with E-state index in [0.717, 1.165) is 29.3 Å². The summed E-state index contributed by atoms with van der Waals surface area (Å²) in [5, 5.41) is 3.41. The van der Waals surface area contributed by atoms with E-state index in [-0.39, 0.29) is 5.78 Å². The molecule has 0 heterocycles. The Labute approximate surface area is 113 Å². The highest BCUT2D eigenvalue weighted by Gasteiger charge is 2.21. The number of carbonyl (C=O) groups excluding carboxylic acids is 1. The highest BCUT2D eigenvalue weighted by atomic mass is 16.1. The zero-order valence-corrected chi connectivity index (χ0v) is 10.8. The van der Waals surface area contributed by atoms with Crippen molar-refractivity contribution in [2.45, 2.75) is 12.8 Å². The molecule has 0 amide bonds. The average Bonchev–Trinajstić information content (AvgIpc) is 3.30. The molecule has 1 aliphatic carbocycles. The summed E-state index contributed by atoms with van der Waals surface area (Å²) in [6, 6.07) is 17.2. The van der Waals surface area contributed by atoms with Crippen molar-refractivity contribution in [2.75, 3.05) is 11.9 Å². The Morgan fingerprint density at radius 1 is 1.00 bits per heavy atom. The first-order valence-electron chi connectivity index (χ1n) is 6.77. The fraction of sp³-hybridized carbons (Fsp3) is 0.235. The summed E-state index contributed by atoms with van der Waals surface area (Å²) in [4.78, 5) is 12.5. The van der Waals surface area contributed by atoms with Crippen LogP contribution in [0.3, 0.4) is 0 Å². The summed E-state index contributed by atoms with van der Waals surface area (Å²) in [5.74, 6) is 0.874. The predicted octanol–water partition coefficient (Wildman–Crippen LogP) is 3.74. The molecule has 1 N–H and O–H groups in total. The standard InChI is InChI=1S/C17H17NO/c19-17(14-6-2-1-3-7-14)15-8-4-5-9-16(15)18-12-13-10-11-13/h1-9,13,18H,10-12H2. The molecule has 1 aliphatic rings. The molecule has 19 heavy (non-hydrogen) atoms. The number of nitrogens with one attached hydrogen (secondary N) is 1. The molecule has 0 unspecified atom stereocenters. The van der Waals surface area contributed by atoms with Crippen molar-refractivity contribution in [2.24, 2.45) is 5.92 Å². The quantitative estimate of drug-likeness (QED) is 0.820. The molecule has 3 rings (SSSR count). The van der Waals surface area contributed by atoms with Gasteiger partial charge < -0.3 is 5.32 Å². The molecule has 2 aromatic rings. The van der Waals surface area contributed by atoms with Crippen LogP contribution in [-0.4, -0.2) is 12.3 Å². The SMILES string of the molecule is O=C(c1ccccc1)c1ccccc1NCC1CC1. The number of carbonyl (C=O) groups is 1. The highest BCUT2D eigenvalue weighted by Crippen LogP contribution is 2.29. The van der Waals surface area contributed by atoms with E-state index in [4.69, 9.17) is 0 Å². The van der Waals surface area contributed by atoms with E-state index in [1.807, 2.05) is 54.6 Å². The van der Waals surface area contributed by atoms with Gasteiger partial charge in [-0.15, -0.1) is 0 Å². The highest BCUT2D eigenvalue weighted by molar-refractivity contribution is 6.12. The maximum Gasteiger partial charge on any atom is 0.195 e. The Morgan fingerprint density at radius 3 is 2.42 bits per heavy atom. The number of hydrogen-bond donors (Lipinski definition) is 1. The molecule has 0 spiro atoms. The van der Waals surface area contributed by atoms with Crippen molar-refractivity contribution >= 4 is 11.5 Å². The van der Waals surface area contributed by atoms with Gasteiger partial charge in [-0.05, 0) is 30.9 Å². The molecule has 0 aliphatic heterocycles. The minimum absolute atomic E-state index is 0.0829. The lowest BCUT2D eigenvalue weighted by Gasteiger charge is -2.10. The maximum atomic E-state index is 12.5. The topological polar surface area (TPSA) is 29.1 Å². The third-order valence-corrected chi connectivity index (χ3v) is 3.49. The first-order chi connectivity index (χ1) is 9.34. The lowest BCUT2D eigenvalue weighted by molar-refractivity contribution is 0.103. The minimum Gasteiger partial charge on any atom is -0.384 e. The molecular formula is C17H17NO. The largest absolute Gasteiger partial charge is 0.384 e. The fourth-order valence-electron chi connectivity index (χ4n) is 2.16. The van der Waals surface area contributed by atoms with E-state index in [1.165, 1.54) is 12.8 Å². The second-order valence-electron chi connectivity index (χ2n) is 5.07. The summed E-state index contributed by atoms with van der Waals surface area (Å²) < 4.78 is 0.